The van der Waals surface area contributed by atoms with E-state index < -0.39 is 0 Å². The molecule has 4 aliphatic heterocycles. The third-order valence-corrected chi connectivity index (χ3v) is 5.53. The summed E-state index contributed by atoms with van der Waals surface area (Å²) in [6, 6.07) is 0. The molecule has 0 aromatic carbocycles. The van der Waals surface area contributed by atoms with Crippen molar-refractivity contribution in [3.63, 3.8) is 0 Å². The molecule has 1 aromatic rings. The zero-order valence-corrected chi connectivity index (χ0v) is 11.9. The highest BCUT2D eigenvalue weighted by molar-refractivity contribution is 7.09. The van der Waals surface area contributed by atoms with Gasteiger partial charge in [-0.15, -0.1) is 0 Å². The fourth-order valence-electron chi connectivity index (χ4n) is 3.74. The minimum atomic E-state index is -0.382. The molecule has 4 fully saturated rings. The monoisotopic (exact) mass is 281 g/mol. The molecule has 1 aromatic heterocycles. The van der Waals surface area contributed by atoms with Gasteiger partial charge in [-0.1, -0.05) is 0 Å². The fraction of sp³-hybridized carbons (Fsp3) is 0.833. The highest BCUT2D eigenvalue weighted by Crippen LogP contribution is 2.43. The molecule has 7 heteroatoms. The first-order valence-corrected chi connectivity index (χ1v) is 7.66. The minimum absolute atomic E-state index is 0.0878. The van der Waals surface area contributed by atoms with Crippen molar-refractivity contribution in [3.8, 4) is 0 Å². The number of rotatable bonds is 1. The third-order valence-electron chi connectivity index (χ3n) is 4.69. The van der Waals surface area contributed by atoms with E-state index >= 15 is 0 Å². The molecule has 4 saturated heterocycles. The molecule has 4 aliphatic rings. The van der Waals surface area contributed by atoms with Gasteiger partial charge in [0.1, 0.15) is 11.4 Å². The van der Waals surface area contributed by atoms with Gasteiger partial charge < -0.3 is 14.5 Å². The third kappa shape index (κ3) is 1.79. The number of anilines is 1. The Morgan fingerprint density at radius 2 is 2.16 bits per heavy atom. The van der Waals surface area contributed by atoms with Crippen molar-refractivity contribution in [3.05, 3.63) is 5.82 Å². The average molecular weight is 281 g/mol. The van der Waals surface area contributed by atoms with Crippen LogP contribution in [0.1, 0.15) is 18.7 Å². The maximum atomic E-state index is 6.20. The largest absolute Gasteiger partial charge is 0.335 e. The van der Waals surface area contributed by atoms with Gasteiger partial charge in [-0.05, 0) is 38.8 Å². The van der Waals surface area contributed by atoms with Crippen LogP contribution in [0.5, 0.6) is 0 Å². The Balaban J connectivity index is 1.61. The summed E-state index contributed by atoms with van der Waals surface area (Å²) in [6.07, 6.45) is 2.08. The smallest absolute Gasteiger partial charge is 0.208 e. The Hall–Kier alpha value is -0.760. The zero-order valence-electron chi connectivity index (χ0n) is 11.1. The van der Waals surface area contributed by atoms with Crippen molar-refractivity contribution in [1.82, 2.24) is 14.3 Å². The van der Waals surface area contributed by atoms with Crippen molar-refractivity contribution < 1.29 is 4.74 Å². The standard InChI is InChI=1S/C12H19N5OS/c1-8-14-11(19-15-8)17-7-12(18-10(17)13)6-16-4-2-9(12)3-5-16/h9-10H,2-7,13H2,1H3. The first-order chi connectivity index (χ1) is 9.16. The normalized spacial score (nSPS) is 41.4. The van der Waals surface area contributed by atoms with Crippen molar-refractivity contribution in [2.45, 2.75) is 31.7 Å². The maximum absolute atomic E-state index is 6.20. The van der Waals surface area contributed by atoms with Crippen LogP contribution in [-0.4, -0.2) is 52.4 Å². The zero-order chi connectivity index (χ0) is 13.0. The molecule has 5 heterocycles. The van der Waals surface area contributed by atoms with E-state index in [1.807, 2.05) is 6.92 Å². The lowest BCUT2D eigenvalue weighted by atomic mass is 9.75. The van der Waals surface area contributed by atoms with Crippen LogP contribution in [0, 0.1) is 12.8 Å². The Bertz CT molecular complexity index is 486. The molecule has 0 saturated carbocycles. The van der Waals surface area contributed by atoms with E-state index in [0.29, 0.717) is 5.92 Å². The van der Waals surface area contributed by atoms with Gasteiger partial charge in [0.2, 0.25) is 5.13 Å². The van der Waals surface area contributed by atoms with Crippen LogP contribution in [0.4, 0.5) is 5.13 Å². The number of aryl methyl sites for hydroxylation is 1. The van der Waals surface area contributed by atoms with Gasteiger partial charge in [-0.3, -0.25) is 5.73 Å². The van der Waals surface area contributed by atoms with Gasteiger partial charge in [0, 0.05) is 18.1 Å². The predicted octanol–water partition coefficient (Wildman–Crippen LogP) is 0.390. The van der Waals surface area contributed by atoms with Crippen LogP contribution in [0.3, 0.4) is 0 Å². The molecule has 1 spiro atoms. The molecule has 0 radical (unpaired) electrons. The second-order valence-electron chi connectivity index (χ2n) is 5.88. The Labute approximate surface area is 116 Å². The van der Waals surface area contributed by atoms with Crippen LogP contribution in [0.25, 0.3) is 0 Å². The highest BCUT2D eigenvalue weighted by Gasteiger charge is 2.54. The van der Waals surface area contributed by atoms with Crippen LogP contribution >= 0.6 is 11.5 Å². The van der Waals surface area contributed by atoms with Crippen molar-refractivity contribution in [1.29, 1.82) is 0 Å². The van der Waals surface area contributed by atoms with E-state index in [1.54, 1.807) is 0 Å². The molecular weight excluding hydrogens is 262 g/mol. The van der Waals surface area contributed by atoms with Crippen LogP contribution in [0.15, 0.2) is 0 Å². The number of fused-ring (bicyclic) bond motifs is 2. The quantitative estimate of drug-likeness (QED) is 0.803. The van der Waals surface area contributed by atoms with Gasteiger partial charge in [-0.25, -0.2) is 4.98 Å². The molecule has 0 amide bonds. The minimum Gasteiger partial charge on any atom is -0.335 e. The second kappa shape index (κ2) is 4.12. The summed E-state index contributed by atoms with van der Waals surface area (Å²) >= 11 is 1.41. The lowest BCUT2D eigenvalue weighted by molar-refractivity contribution is -0.137. The van der Waals surface area contributed by atoms with Crippen molar-refractivity contribution in [2.24, 2.45) is 11.7 Å². The summed E-state index contributed by atoms with van der Waals surface area (Å²) in [5.74, 6) is 1.45. The van der Waals surface area contributed by atoms with E-state index in [-0.39, 0.29) is 12.0 Å². The van der Waals surface area contributed by atoms with Crippen LogP contribution < -0.4 is 10.6 Å². The molecule has 19 heavy (non-hydrogen) atoms. The molecule has 0 aliphatic carbocycles. The van der Waals surface area contributed by atoms with E-state index in [9.17, 15) is 0 Å². The topological polar surface area (TPSA) is 67.5 Å². The van der Waals surface area contributed by atoms with Crippen LogP contribution in [-0.2, 0) is 4.74 Å². The number of nitrogens with zero attached hydrogens (tertiary/aromatic N) is 4. The predicted molar refractivity (Wildman–Crippen MR) is 72.9 cm³/mol. The molecule has 6 nitrogen and oxygen atoms in total. The summed E-state index contributed by atoms with van der Waals surface area (Å²) in [7, 11) is 0. The SMILES string of the molecule is Cc1nsc(N2CC3(CN4CCC3CC4)OC2N)n1. The summed E-state index contributed by atoms with van der Waals surface area (Å²) < 4.78 is 10.4. The van der Waals surface area contributed by atoms with Crippen molar-refractivity contribution in [2.75, 3.05) is 31.1 Å². The van der Waals surface area contributed by atoms with Gasteiger partial charge in [0.15, 0.2) is 6.35 Å². The number of piperidine rings is 3. The molecule has 2 N–H and O–H groups in total. The Morgan fingerprint density at radius 3 is 2.74 bits per heavy atom. The van der Waals surface area contributed by atoms with Gasteiger partial charge in [0.25, 0.3) is 0 Å². The average Bonchev–Trinajstić information content (AvgIpc) is 2.95. The summed E-state index contributed by atoms with van der Waals surface area (Å²) in [4.78, 5) is 9.02. The lowest BCUT2D eigenvalue weighted by Crippen LogP contribution is -2.61. The van der Waals surface area contributed by atoms with Crippen molar-refractivity contribution >= 4 is 16.7 Å². The molecule has 5 rings (SSSR count). The van der Waals surface area contributed by atoms with Gasteiger partial charge in [0.05, 0.1) is 6.54 Å². The van der Waals surface area contributed by atoms with E-state index in [4.69, 9.17) is 10.5 Å². The number of hydrogen-bond acceptors (Lipinski definition) is 7. The summed E-state index contributed by atoms with van der Waals surface area (Å²) in [5, 5.41) is 0.887. The molecule has 2 atom stereocenters. The molecule has 2 unspecified atom stereocenters. The second-order valence-corrected chi connectivity index (χ2v) is 6.61. The molecule has 2 bridgehead atoms. The van der Waals surface area contributed by atoms with Crippen LogP contribution in [0.2, 0.25) is 0 Å². The molecule has 104 valence electrons. The highest BCUT2D eigenvalue weighted by atomic mass is 32.1. The number of ether oxygens (including phenoxy) is 1. The maximum Gasteiger partial charge on any atom is 0.208 e. The fourth-order valence-corrected chi connectivity index (χ4v) is 4.44. The number of hydrogen-bond donors (Lipinski definition) is 1. The molecular formula is C12H19N5OS. The Morgan fingerprint density at radius 1 is 1.37 bits per heavy atom. The lowest BCUT2D eigenvalue weighted by Gasteiger charge is -2.50. The van der Waals surface area contributed by atoms with Gasteiger partial charge in [-0.2, -0.15) is 4.37 Å². The van der Waals surface area contributed by atoms with E-state index in [2.05, 4.69) is 19.2 Å². The van der Waals surface area contributed by atoms with E-state index in [1.165, 1.54) is 37.5 Å². The summed E-state index contributed by atoms with van der Waals surface area (Å²) in [6.45, 7) is 6.20. The first kappa shape index (κ1) is 12.0. The first-order valence-electron chi connectivity index (χ1n) is 6.89. The van der Waals surface area contributed by atoms with Gasteiger partial charge >= 0.3 is 0 Å². The Kier molecular flexibility index (Phi) is 2.60. The summed E-state index contributed by atoms with van der Waals surface area (Å²) in [5.41, 5.74) is 6.09. The number of nitrogens with two attached hydrogens (primary N) is 1. The number of aromatic nitrogens is 2. The van der Waals surface area contributed by atoms with E-state index in [0.717, 1.165) is 24.0 Å².